The highest BCUT2D eigenvalue weighted by Gasteiger charge is 2.46. The van der Waals surface area contributed by atoms with Gasteiger partial charge in [-0.25, -0.2) is 9.37 Å². The van der Waals surface area contributed by atoms with Gasteiger partial charge in [-0.05, 0) is 54.4 Å². The number of carbonyl (C=O) groups excluding carboxylic acids is 2. The minimum atomic E-state index is -0.962. The van der Waals surface area contributed by atoms with Gasteiger partial charge in [-0.1, -0.05) is 30.4 Å². The molecule has 0 spiro atoms. The number of halogens is 1. The number of amides is 1. The molecule has 0 radical (unpaired) electrons. The van der Waals surface area contributed by atoms with E-state index in [-0.39, 0.29) is 16.5 Å². The van der Waals surface area contributed by atoms with E-state index in [4.69, 9.17) is 9.15 Å². The number of aliphatic hydroxyl groups is 1. The molecule has 1 amide bonds. The van der Waals surface area contributed by atoms with Gasteiger partial charge >= 0.3 is 0 Å². The number of ketones is 1. The Morgan fingerprint density at radius 1 is 1.24 bits per heavy atom. The lowest BCUT2D eigenvalue weighted by Crippen LogP contribution is -2.30. The average Bonchev–Trinajstić information content (AvgIpc) is 3.56. The lowest BCUT2D eigenvalue weighted by atomic mass is 9.95. The van der Waals surface area contributed by atoms with Crippen LogP contribution in [0.5, 0.6) is 5.75 Å². The van der Waals surface area contributed by atoms with E-state index in [1.165, 1.54) is 35.4 Å². The van der Waals surface area contributed by atoms with Gasteiger partial charge in [-0.15, -0.1) is 0 Å². The monoisotopic (exact) mass is 478 g/mol. The van der Waals surface area contributed by atoms with Gasteiger partial charge in [-0.2, -0.15) is 0 Å². The Morgan fingerprint density at radius 3 is 2.74 bits per heavy atom. The molecular weight excluding hydrogens is 459 g/mol. The molecule has 1 aliphatic heterocycles. The predicted octanol–water partition coefficient (Wildman–Crippen LogP) is 5.60. The first-order valence-corrected chi connectivity index (χ1v) is 11.4. The average molecular weight is 479 g/mol. The van der Waals surface area contributed by atoms with Crippen molar-refractivity contribution >= 4 is 38.4 Å². The van der Waals surface area contributed by atoms with Crippen LogP contribution in [-0.2, 0) is 4.79 Å². The Kier molecular flexibility index (Phi) is 5.62. The molecular formula is C25H19FN2O5S. The highest BCUT2D eigenvalue weighted by Crippen LogP contribution is 2.44. The van der Waals surface area contributed by atoms with Crippen LogP contribution in [0.2, 0.25) is 0 Å². The largest absolute Gasteiger partial charge is 0.503 e. The van der Waals surface area contributed by atoms with Gasteiger partial charge in [0, 0.05) is 0 Å². The zero-order valence-electron chi connectivity index (χ0n) is 18.0. The van der Waals surface area contributed by atoms with E-state index < -0.39 is 29.3 Å². The molecule has 34 heavy (non-hydrogen) atoms. The number of nitrogens with zero attached hydrogens (tertiary/aromatic N) is 2. The summed E-state index contributed by atoms with van der Waals surface area (Å²) < 4.78 is 25.2. The molecule has 0 saturated carbocycles. The smallest absolute Gasteiger partial charge is 0.296 e. The third-order valence-corrected chi connectivity index (χ3v) is 6.43. The summed E-state index contributed by atoms with van der Waals surface area (Å²) >= 11 is 1.10. The van der Waals surface area contributed by atoms with Gasteiger partial charge < -0.3 is 14.3 Å². The first-order chi connectivity index (χ1) is 16.5. The van der Waals surface area contributed by atoms with Crippen molar-refractivity contribution < 1.29 is 28.2 Å². The molecule has 172 valence electrons. The molecule has 1 atom stereocenters. The number of thiazole rings is 1. The van der Waals surface area contributed by atoms with Crippen LogP contribution in [0.15, 0.2) is 76.6 Å². The van der Waals surface area contributed by atoms with Crippen molar-refractivity contribution in [2.45, 2.75) is 19.4 Å². The summed E-state index contributed by atoms with van der Waals surface area (Å²) in [6, 6.07) is 13.1. The van der Waals surface area contributed by atoms with Crippen molar-refractivity contribution in [2.24, 2.45) is 0 Å². The topological polar surface area (TPSA) is 92.9 Å². The normalized spacial score (nSPS) is 16.0. The van der Waals surface area contributed by atoms with Crippen molar-refractivity contribution in [3.63, 3.8) is 0 Å². The molecule has 3 heterocycles. The second-order valence-corrected chi connectivity index (χ2v) is 8.68. The number of aliphatic hydroxyl groups excluding tert-OH is 1. The lowest BCUT2D eigenvalue weighted by Gasteiger charge is -2.24. The Bertz CT molecular complexity index is 1410. The van der Waals surface area contributed by atoms with E-state index in [0.29, 0.717) is 28.1 Å². The fourth-order valence-corrected chi connectivity index (χ4v) is 4.86. The Balaban J connectivity index is 1.62. The van der Waals surface area contributed by atoms with Crippen LogP contribution in [-0.4, -0.2) is 28.4 Å². The summed E-state index contributed by atoms with van der Waals surface area (Å²) in [6.07, 6.45) is 2.19. The first kappa shape index (κ1) is 21.8. The van der Waals surface area contributed by atoms with Crippen LogP contribution >= 0.6 is 11.3 Å². The Labute approximate surface area is 197 Å². The SMILES string of the molecule is CCCOc1ccc([C@@H]2C(C(=O)c3ccco3)=C(O)C(=O)N2c2nc3ccc(F)cc3s2)cc1. The molecule has 0 unspecified atom stereocenters. The summed E-state index contributed by atoms with van der Waals surface area (Å²) in [5.41, 5.74) is 0.954. The van der Waals surface area contributed by atoms with E-state index in [0.717, 1.165) is 17.8 Å². The maximum Gasteiger partial charge on any atom is 0.296 e. The van der Waals surface area contributed by atoms with Gasteiger partial charge in [-0.3, -0.25) is 14.5 Å². The molecule has 0 fully saturated rings. The number of anilines is 1. The highest BCUT2D eigenvalue weighted by atomic mass is 32.1. The molecule has 1 N–H and O–H groups in total. The van der Waals surface area contributed by atoms with Gasteiger partial charge in [0.1, 0.15) is 11.6 Å². The molecule has 2 aromatic heterocycles. The first-order valence-electron chi connectivity index (χ1n) is 10.6. The van der Waals surface area contributed by atoms with Crippen LogP contribution in [0.25, 0.3) is 10.2 Å². The zero-order valence-corrected chi connectivity index (χ0v) is 18.8. The van der Waals surface area contributed by atoms with Crippen LogP contribution in [0.4, 0.5) is 9.52 Å². The molecule has 9 heteroatoms. The fourth-order valence-electron chi connectivity index (χ4n) is 3.85. The number of hydrogen-bond acceptors (Lipinski definition) is 7. The van der Waals surface area contributed by atoms with Gasteiger partial charge in [0.15, 0.2) is 16.7 Å². The number of benzene rings is 2. The van der Waals surface area contributed by atoms with Gasteiger partial charge in [0.2, 0.25) is 5.78 Å². The second-order valence-electron chi connectivity index (χ2n) is 7.67. The van der Waals surface area contributed by atoms with Crippen LogP contribution in [0, 0.1) is 5.82 Å². The fraction of sp³-hybridized carbons (Fsp3) is 0.160. The minimum absolute atomic E-state index is 0.00419. The molecule has 1 aliphatic rings. The molecule has 0 aliphatic carbocycles. The third kappa shape index (κ3) is 3.73. The second kappa shape index (κ2) is 8.75. The Hall–Kier alpha value is -3.98. The lowest BCUT2D eigenvalue weighted by molar-refractivity contribution is -0.117. The molecule has 2 aromatic carbocycles. The number of furan rings is 1. The van der Waals surface area contributed by atoms with Gasteiger partial charge in [0.05, 0.1) is 34.7 Å². The molecule has 4 aromatic rings. The summed E-state index contributed by atoms with van der Waals surface area (Å²) in [4.78, 5) is 32.2. The third-order valence-electron chi connectivity index (χ3n) is 5.41. The van der Waals surface area contributed by atoms with Gasteiger partial charge in [0.25, 0.3) is 5.91 Å². The minimum Gasteiger partial charge on any atom is -0.503 e. The number of Topliss-reactive ketones (excluding diaryl/α,β-unsaturated/α-hetero) is 1. The van der Waals surface area contributed by atoms with E-state index in [9.17, 15) is 19.1 Å². The highest BCUT2D eigenvalue weighted by molar-refractivity contribution is 7.22. The van der Waals surface area contributed by atoms with Crippen LogP contribution in [0.3, 0.4) is 0 Å². The quantitative estimate of drug-likeness (QED) is 0.348. The van der Waals surface area contributed by atoms with Crippen molar-refractivity contribution in [3.8, 4) is 5.75 Å². The van der Waals surface area contributed by atoms with E-state index in [2.05, 4.69) is 4.98 Å². The predicted molar refractivity (Wildman–Crippen MR) is 125 cm³/mol. The Morgan fingerprint density at radius 2 is 2.03 bits per heavy atom. The number of ether oxygens (including phenoxy) is 1. The van der Waals surface area contributed by atoms with Crippen molar-refractivity contribution in [1.82, 2.24) is 4.98 Å². The van der Waals surface area contributed by atoms with Crippen molar-refractivity contribution in [2.75, 3.05) is 11.5 Å². The molecule has 0 saturated heterocycles. The maximum absolute atomic E-state index is 13.7. The van der Waals surface area contributed by atoms with Crippen molar-refractivity contribution in [1.29, 1.82) is 0 Å². The van der Waals surface area contributed by atoms with Crippen molar-refractivity contribution in [3.05, 3.63) is 89.3 Å². The molecule has 7 nitrogen and oxygen atoms in total. The maximum atomic E-state index is 13.7. The zero-order chi connectivity index (χ0) is 23.8. The summed E-state index contributed by atoms with van der Waals surface area (Å²) in [6.45, 7) is 2.55. The van der Waals surface area contributed by atoms with E-state index in [1.54, 1.807) is 30.3 Å². The number of rotatable bonds is 7. The van der Waals surface area contributed by atoms with Crippen LogP contribution < -0.4 is 9.64 Å². The number of hydrogen-bond donors (Lipinski definition) is 1. The van der Waals surface area contributed by atoms with E-state index in [1.807, 2.05) is 6.92 Å². The summed E-state index contributed by atoms with van der Waals surface area (Å²) in [5, 5.41) is 11.0. The summed E-state index contributed by atoms with van der Waals surface area (Å²) in [7, 11) is 0. The number of aromatic nitrogens is 1. The summed E-state index contributed by atoms with van der Waals surface area (Å²) in [5.74, 6) is -1.85. The number of fused-ring (bicyclic) bond motifs is 1. The standard InChI is InChI=1S/C25H19FN2O5S/c1-2-11-32-16-8-5-14(6-9-16)21-20(22(29)18-4-3-12-33-18)23(30)24(31)28(21)25-27-17-10-7-15(26)13-19(17)34-25/h3-10,12-13,21,30H,2,11H2,1H3/t21-/m1/s1. The number of carbonyl (C=O) groups is 2. The van der Waals surface area contributed by atoms with E-state index >= 15 is 0 Å². The van der Waals surface area contributed by atoms with Crippen LogP contribution in [0.1, 0.15) is 35.5 Å². The molecule has 5 rings (SSSR count). The molecule has 0 bridgehead atoms.